The Morgan fingerprint density at radius 1 is 1.33 bits per heavy atom. The average Bonchev–Trinajstić information content (AvgIpc) is 3.10. The molecule has 7 heteroatoms. The van der Waals surface area contributed by atoms with Crippen LogP contribution in [0, 0.1) is 6.92 Å². The van der Waals surface area contributed by atoms with Gasteiger partial charge in [-0.2, -0.15) is 0 Å². The highest BCUT2D eigenvalue weighted by atomic mass is 79.9. The van der Waals surface area contributed by atoms with Gasteiger partial charge < -0.3 is 15.4 Å². The van der Waals surface area contributed by atoms with Crippen LogP contribution in [0.15, 0.2) is 34.8 Å². The number of carbonyl (C=O) groups is 1. The summed E-state index contributed by atoms with van der Waals surface area (Å²) in [5.74, 6) is 0.358. The quantitative estimate of drug-likeness (QED) is 0.819. The molecule has 3 rings (SSSR count). The van der Waals surface area contributed by atoms with Crippen LogP contribution in [0.25, 0.3) is 0 Å². The number of halogens is 1. The molecule has 24 heavy (non-hydrogen) atoms. The molecule has 1 amide bonds. The summed E-state index contributed by atoms with van der Waals surface area (Å²) >= 11 is 3.47. The van der Waals surface area contributed by atoms with E-state index in [-0.39, 0.29) is 12.0 Å². The van der Waals surface area contributed by atoms with Gasteiger partial charge in [0.05, 0.1) is 6.10 Å². The van der Waals surface area contributed by atoms with Gasteiger partial charge >= 0.3 is 0 Å². The van der Waals surface area contributed by atoms with Gasteiger partial charge in [-0.25, -0.2) is 0 Å². The lowest BCUT2D eigenvalue weighted by atomic mass is 10.2. The van der Waals surface area contributed by atoms with Gasteiger partial charge in [-0.15, -0.1) is 10.2 Å². The minimum absolute atomic E-state index is 0.114. The number of benzene rings is 1. The van der Waals surface area contributed by atoms with Crippen molar-refractivity contribution in [1.82, 2.24) is 15.5 Å². The first-order valence-electron chi connectivity index (χ1n) is 7.88. The Balaban J connectivity index is 1.57. The molecule has 2 heterocycles. The standard InChI is InChI=1S/C17H19BrN4O2/c1-11-9-12(4-5-14(11)18)20-16-7-6-15(21-22-16)17(23)19-10-13-3-2-8-24-13/h4-7,9,13H,2-3,8,10H2,1H3,(H,19,23)(H,20,22). The minimum Gasteiger partial charge on any atom is -0.376 e. The Morgan fingerprint density at radius 2 is 2.21 bits per heavy atom. The van der Waals surface area contributed by atoms with E-state index in [2.05, 4.69) is 36.8 Å². The van der Waals surface area contributed by atoms with Crippen LogP contribution in [0.1, 0.15) is 28.9 Å². The summed E-state index contributed by atoms with van der Waals surface area (Å²) in [6, 6.07) is 9.32. The zero-order chi connectivity index (χ0) is 16.9. The number of amides is 1. The highest BCUT2D eigenvalue weighted by molar-refractivity contribution is 9.10. The summed E-state index contributed by atoms with van der Waals surface area (Å²) in [6.07, 6.45) is 2.15. The predicted molar refractivity (Wildman–Crippen MR) is 95.5 cm³/mol. The zero-order valence-corrected chi connectivity index (χ0v) is 15.0. The van der Waals surface area contributed by atoms with Gasteiger partial charge in [0.1, 0.15) is 0 Å². The van der Waals surface area contributed by atoms with E-state index < -0.39 is 0 Å². The molecule has 6 nitrogen and oxygen atoms in total. The number of carbonyl (C=O) groups excluding carboxylic acids is 1. The molecule has 1 unspecified atom stereocenters. The average molecular weight is 391 g/mol. The SMILES string of the molecule is Cc1cc(Nc2ccc(C(=O)NCC3CCCO3)nn2)ccc1Br. The zero-order valence-electron chi connectivity index (χ0n) is 13.4. The van der Waals surface area contributed by atoms with Gasteiger partial charge in [-0.05, 0) is 55.7 Å². The summed E-state index contributed by atoms with van der Waals surface area (Å²) in [5.41, 5.74) is 2.34. The van der Waals surface area contributed by atoms with Crippen molar-refractivity contribution in [3.8, 4) is 0 Å². The molecule has 2 N–H and O–H groups in total. The van der Waals surface area contributed by atoms with Crippen molar-refractivity contribution in [3.63, 3.8) is 0 Å². The largest absolute Gasteiger partial charge is 0.376 e. The summed E-state index contributed by atoms with van der Waals surface area (Å²) in [4.78, 5) is 12.1. The van der Waals surface area contributed by atoms with Gasteiger partial charge in [0.2, 0.25) is 0 Å². The van der Waals surface area contributed by atoms with E-state index in [4.69, 9.17) is 4.74 Å². The monoisotopic (exact) mass is 390 g/mol. The normalized spacial score (nSPS) is 16.8. The van der Waals surface area contributed by atoms with E-state index in [0.29, 0.717) is 18.1 Å². The molecular weight excluding hydrogens is 372 g/mol. The van der Waals surface area contributed by atoms with Crippen LogP contribution in [0.2, 0.25) is 0 Å². The maximum absolute atomic E-state index is 12.1. The first kappa shape index (κ1) is 16.9. The molecule has 0 radical (unpaired) electrons. The number of ether oxygens (including phenoxy) is 1. The Kier molecular flexibility index (Phi) is 5.42. The highest BCUT2D eigenvalue weighted by Gasteiger charge is 2.17. The van der Waals surface area contributed by atoms with Gasteiger partial charge in [0, 0.05) is 23.3 Å². The smallest absolute Gasteiger partial charge is 0.271 e. The minimum atomic E-state index is -0.232. The topological polar surface area (TPSA) is 76.1 Å². The second kappa shape index (κ2) is 7.72. The molecule has 0 spiro atoms. The first-order chi connectivity index (χ1) is 11.6. The fourth-order valence-corrected chi connectivity index (χ4v) is 2.74. The van der Waals surface area contributed by atoms with E-state index >= 15 is 0 Å². The van der Waals surface area contributed by atoms with Crippen LogP contribution < -0.4 is 10.6 Å². The van der Waals surface area contributed by atoms with Crippen LogP contribution in [0.5, 0.6) is 0 Å². The second-order valence-corrected chi connectivity index (χ2v) is 6.59. The van der Waals surface area contributed by atoms with E-state index in [1.165, 1.54) is 0 Å². The third-order valence-electron chi connectivity index (χ3n) is 3.84. The van der Waals surface area contributed by atoms with Crippen molar-refractivity contribution in [1.29, 1.82) is 0 Å². The van der Waals surface area contributed by atoms with Crippen molar-refractivity contribution < 1.29 is 9.53 Å². The molecule has 2 aromatic rings. The molecule has 1 aromatic heterocycles. The highest BCUT2D eigenvalue weighted by Crippen LogP contribution is 2.22. The second-order valence-electron chi connectivity index (χ2n) is 5.74. The Morgan fingerprint density at radius 3 is 2.88 bits per heavy atom. The summed E-state index contributed by atoms with van der Waals surface area (Å²) in [5, 5.41) is 14.0. The summed E-state index contributed by atoms with van der Waals surface area (Å²) in [7, 11) is 0. The van der Waals surface area contributed by atoms with Gasteiger partial charge in [-0.1, -0.05) is 15.9 Å². The number of nitrogens with one attached hydrogen (secondary N) is 2. The number of anilines is 2. The van der Waals surface area contributed by atoms with E-state index in [1.54, 1.807) is 12.1 Å². The van der Waals surface area contributed by atoms with Crippen molar-refractivity contribution >= 4 is 33.3 Å². The predicted octanol–water partition coefficient (Wildman–Crippen LogP) is 3.20. The molecule has 0 bridgehead atoms. The molecule has 0 aliphatic carbocycles. The third-order valence-corrected chi connectivity index (χ3v) is 4.73. The fourth-order valence-electron chi connectivity index (χ4n) is 2.49. The summed E-state index contributed by atoms with van der Waals surface area (Å²) < 4.78 is 6.53. The lowest BCUT2D eigenvalue weighted by Crippen LogP contribution is -2.32. The van der Waals surface area contributed by atoms with Crippen molar-refractivity contribution in [3.05, 3.63) is 46.1 Å². The Labute approximate surface area is 149 Å². The van der Waals surface area contributed by atoms with Crippen LogP contribution in [0.3, 0.4) is 0 Å². The van der Waals surface area contributed by atoms with Crippen molar-refractivity contribution in [2.45, 2.75) is 25.9 Å². The molecule has 126 valence electrons. The number of hydrogen-bond donors (Lipinski definition) is 2. The summed E-state index contributed by atoms with van der Waals surface area (Å²) in [6.45, 7) is 3.30. The van der Waals surface area contributed by atoms with E-state index in [0.717, 1.165) is 35.2 Å². The van der Waals surface area contributed by atoms with E-state index in [1.807, 2.05) is 25.1 Å². The molecule has 1 aromatic carbocycles. The molecule has 1 saturated heterocycles. The maximum atomic E-state index is 12.1. The number of aromatic nitrogens is 2. The maximum Gasteiger partial charge on any atom is 0.271 e. The molecule has 1 atom stereocenters. The van der Waals surface area contributed by atoms with Gasteiger partial charge in [0.15, 0.2) is 11.5 Å². The molecule has 1 fully saturated rings. The van der Waals surface area contributed by atoms with Gasteiger partial charge in [-0.3, -0.25) is 4.79 Å². The number of hydrogen-bond acceptors (Lipinski definition) is 5. The molecular formula is C17H19BrN4O2. The Hall–Kier alpha value is -1.99. The van der Waals surface area contributed by atoms with Crippen molar-refractivity contribution in [2.75, 3.05) is 18.5 Å². The first-order valence-corrected chi connectivity index (χ1v) is 8.68. The number of rotatable bonds is 5. The van der Waals surface area contributed by atoms with Crippen LogP contribution in [0.4, 0.5) is 11.5 Å². The van der Waals surface area contributed by atoms with Crippen LogP contribution in [-0.2, 0) is 4.74 Å². The number of aryl methyl sites for hydroxylation is 1. The van der Waals surface area contributed by atoms with Crippen LogP contribution in [-0.4, -0.2) is 35.4 Å². The molecule has 1 aliphatic rings. The fraction of sp³-hybridized carbons (Fsp3) is 0.353. The number of nitrogens with zero attached hydrogens (tertiary/aromatic N) is 2. The molecule has 1 aliphatic heterocycles. The van der Waals surface area contributed by atoms with E-state index in [9.17, 15) is 4.79 Å². The van der Waals surface area contributed by atoms with Gasteiger partial charge in [0.25, 0.3) is 5.91 Å². The molecule has 0 saturated carbocycles. The van der Waals surface area contributed by atoms with Crippen LogP contribution >= 0.6 is 15.9 Å². The lowest BCUT2D eigenvalue weighted by Gasteiger charge is -2.10. The Bertz CT molecular complexity index is 715. The third kappa shape index (κ3) is 4.30. The van der Waals surface area contributed by atoms with Crippen molar-refractivity contribution in [2.24, 2.45) is 0 Å². The lowest BCUT2D eigenvalue weighted by molar-refractivity contribution is 0.0853.